The van der Waals surface area contributed by atoms with Crippen LogP contribution in [0.3, 0.4) is 0 Å². The molecule has 35 heavy (non-hydrogen) atoms. The molecule has 7 nitrogen and oxygen atoms in total. The first-order chi connectivity index (χ1) is 16.8. The third kappa shape index (κ3) is 5.64. The minimum atomic E-state index is -0.806. The first-order valence-corrected chi connectivity index (χ1v) is 12.2. The summed E-state index contributed by atoms with van der Waals surface area (Å²) in [5.74, 6) is 0.727. The fraction of sp³-hybridized carbons (Fsp3) is 0.519. The van der Waals surface area contributed by atoms with E-state index in [2.05, 4.69) is 23.6 Å². The predicted molar refractivity (Wildman–Crippen MR) is 133 cm³/mol. The van der Waals surface area contributed by atoms with E-state index in [1.54, 1.807) is 26.4 Å². The highest BCUT2D eigenvalue weighted by atomic mass is 19.1. The molecule has 2 heterocycles. The number of rotatable bonds is 8. The molecule has 2 fully saturated rings. The number of benzene rings is 2. The van der Waals surface area contributed by atoms with Crippen LogP contribution in [0.25, 0.3) is 0 Å². The molecule has 0 saturated carbocycles. The number of carboxylic acid groups (broad SMARTS) is 1. The number of ether oxygens (including phenoxy) is 3. The molecule has 0 spiro atoms. The van der Waals surface area contributed by atoms with E-state index in [1.807, 2.05) is 24.3 Å². The van der Waals surface area contributed by atoms with E-state index in [0.29, 0.717) is 37.5 Å². The topological polar surface area (TPSA) is 71.5 Å². The Kier molecular flexibility index (Phi) is 7.69. The molecule has 0 aromatic heterocycles. The lowest BCUT2D eigenvalue weighted by molar-refractivity contribution is -0.137. The molecule has 4 rings (SSSR count). The van der Waals surface area contributed by atoms with Crippen molar-refractivity contribution in [3.8, 4) is 11.5 Å². The summed E-state index contributed by atoms with van der Waals surface area (Å²) >= 11 is 0. The zero-order valence-electron chi connectivity index (χ0n) is 20.8. The standard InChI is InChI=1S/C27H35FN2O5/c1-17-14-29(25-13-22(33-3)9-10-24(25)28)15-18(2)27(17)35-21-7-5-19(6-8-21)30-16-23(34-4)11-20(30)12-26(31)32/h5-10,13,17-18,20,23,27H,11-12,14-16H2,1-4H3,(H,31,32)/t17-,18+,20-,23-,27?/m1/s1. The van der Waals surface area contributed by atoms with Crippen LogP contribution in [0.1, 0.15) is 26.7 Å². The van der Waals surface area contributed by atoms with Gasteiger partial charge in [-0.25, -0.2) is 4.39 Å². The molecule has 0 amide bonds. The number of anilines is 2. The molecule has 5 atom stereocenters. The maximum atomic E-state index is 14.5. The average Bonchev–Trinajstić information content (AvgIpc) is 3.24. The minimum absolute atomic E-state index is 0.00446. The summed E-state index contributed by atoms with van der Waals surface area (Å²) in [6, 6.07) is 12.6. The van der Waals surface area contributed by atoms with Crippen molar-refractivity contribution in [2.75, 3.05) is 43.7 Å². The van der Waals surface area contributed by atoms with E-state index in [4.69, 9.17) is 14.2 Å². The van der Waals surface area contributed by atoms with Crippen LogP contribution in [0, 0.1) is 17.7 Å². The van der Waals surface area contributed by atoms with Crippen LogP contribution in [0.15, 0.2) is 42.5 Å². The Hall–Kier alpha value is -3.00. The van der Waals surface area contributed by atoms with E-state index in [-0.39, 0.29) is 42.3 Å². The zero-order chi connectivity index (χ0) is 25.1. The van der Waals surface area contributed by atoms with Crippen molar-refractivity contribution in [2.24, 2.45) is 11.8 Å². The highest BCUT2D eigenvalue weighted by Crippen LogP contribution is 2.34. The highest BCUT2D eigenvalue weighted by molar-refractivity contribution is 5.69. The van der Waals surface area contributed by atoms with Crippen LogP contribution in [0.5, 0.6) is 11.5 Å². The van der Waals surface area contributed by atoms with Gasteiger partial charge in [0.05, 0.1) is 25.3 Å². The van der Waals surface area contributed by atoms with Crippen molar-refractivity contribution in [1.82, 2.24) is 0 Å². The summed E-state index contributed by atoms with van der Waals surface area (Å²) in [7, 11) is 3.25. The molecule has 2 aromatic carbocycles. The summed E-state index contributed by atoms with van der Waals surface area (Å²) in [6.07, 6.45) is 0.800. The molecule has 1 unspecified atom stereocenters. The molecule has 2 aliphatic heterocycles. The van der Waals surface area contributed by atoms with Crippen molar-refractivity contribution in [3.63, 3.8) is 0 Å². The van der Waals surface area contributed by atoms with E-state index in [9.17, 15) is 14.3 Å². The smallest absolute Gasteiger partial charge is 0.305 e. The molecular formula is C27H35FN2O5. The van der Waals surface area contributed by atoms with E-state index in [0.717, 1.165) is 11.4 Å². The Bertz CT molecular complexity index is 1010. The number of methoxy groups -OCH3 is 2. The number of hydrogen-bond acceptors (Lipinski definition) is 6. The van der Waals surface area contributed by atoms with Gasteiger partial charge in [0.2, 0.25) is 0 Å². The van der Waals surface area contributed by atoms with Crippen molar-refractivity contribution in [1.29, 1.82) is 0 Å². The molecule has 2 aliphatic rings. The lowest BCUT2D eigenvalue weighted by Crippen LogP contribution is -2.50. The molecule has 190 valence electrons. The number of carboxylic acids is 1. The molecule has 0 aliphatic carbocycles. The first-order valence-electron chi connectivity index (χ1n) is 12.2. The van der Waals surface area contributed by atoms with Crippen LogP contribution < -0.4 is 19.3 Å². The normalized spacial score (nSPS) is 26.6. The van der Waals surface area contributed by atoms with Gasteiger partial charge in [0, 0.05) is 56.4 Å². The number of halogens is 1. The Morgan fingerprint density at radius 2 is 1.69 bits per heavy atom. The van der Waals surface area contributed by atoms with Gasteiger partial charge in [-0.3, -0.25) is 4.79 Å². The third-order valence-corrected chi connectivity index (χ3v) is 7.19. The first kappa shape index (κ1) is 25.1. The SMILES string of the molecule is COc1ccc(F)c(N2C[C@@H](C)C(Oc3ccc(N4C[C@H](OC)C[C@@H]4CC(=O)O)cc3)[C@@H](C)C2)c1. The van der Waals surface area contributed by atoms with E-state index < -0.39 is 5.97 Å². The lowest BCUT2D eigenvalue weighted by atomic mass is 9.87. The molecule has 1 N–H and O–H groups in total. The monoisotopic (exact) mass is 486 g/mol. The van der Waals surface area contributed by atoms with Crippen LogP contribution in [-0.4, -0.2) is 63.2 Å². The average molecular weight is 487 g/mol. The largest absolute Gasteiger partial charge is 0.497 e. The fourth-order valence-electron chi connectivity index (χ4n) is 5.46. The van der Waals surface area contributed by atoms with Gasteiger partial charge in [0.15, 0.2) is 0 Å². The second kappa shape index (κ2) is 10.7. The maximum Gasteiger partial charge on any atom is 0.305 e. The van der Waals surface area contributed by atoms with Crippen molar-refractivity contribution >= 4 is 17.3 Å². The maximum absolute atomic E-state index is 14.5. The van der Waals surface area contributed by atoms with Crippen LogP contribution in [0.4, 0.5) is 15.8 Å². The van der Waals surface area contributed by atoms with Crippen molar-refractivity contribution < 1.29 is 28.5 Å². The quantitative estimate of drug-likeness (QED) is 0.591. The second-order valence-electron chi connectivity index (χ2n) is 9.75. The predicted octanol–water partition coefficient (Wildman–Crippen LogP) is 4.44. The molecule has 2 saturated heterocycles. The number of carbonyl (C=O) groups is 1. The van der Waals surface area contributed by atoms with Gasteiger partial charge in [-0.05, 0) is 42.8 Å². The molecule has 2 aromatic rings. The summed E-state index contributed by atoms with van der Waals surface area (Å²) in [5.41, 5.74) is 1.52. The Morgan fingerprint density at radius 3 is 2.29 bits per heavy atom. The summed E-state index contributed by atoms with van der Waals surface area (Å²) in [5, 5.41) is 9.29. The Labute approximate surface area is 206 Å². The minimum Gasteiger partial charge on any atom is -0.497 e. The van der Waals surface area contributed by atoms with Gasteiger partial charge in [-0.2, -0.15) is 0 Å². The molecule has 0 bridgehead atoms. The zero-order valence-corrected chi connectivity index (χ0v) is 20.8. The van der Waals surface area contributed by atoms with Crippen molar-refractivity contribution in [3.05, 3.63) is 48.3 Å². The lowest BCUT2D eigenvalue weighted by Gasteiger charge is -2.42. The molecular weight excluding hydrogens is 451 g/mol. The number of aliphatic carboxylic acids is 1. The number of piperidine rings is 1. The number of nitrogens with zero attached hydrogens (tertiary/aromatic N) is 2. The summed E-state index contributed by atoms with van der Waals surface area (Å²) in [6.45, 7) is 6.29. The fourth-order valence-corrected chi connectivity index (χ4v) is 5.46. The van der Waals surface area contributed by atoms with Gasteiger partial charge >= 0.3 is 5.97 Å². The van der Waals surface area contributed by atoms with Gasteiger partial charge in [-0.15, -0.1) is 0 Å². The van der Waals surface area contributed by atoms with Gasteiger partial charge in [-0.1, -0.05) is 13.8 Å². The Balaban J connectivity index is 1.42. The van der Waals surface area contributed by atoms with E-state index in [1.165, 1.54) is 6.07 Å². The van der Waals surface area contributed by atoms with Crippen LogP contribution in [0.2, 0.25) is 0 Å². The van der Waals surface area contributed by atoms with Crippen LogP contribution >= 0.6 is 0 Å². The summed E-state index contributed by atoms with van der Waals surface area (Å²) < 4.78 is 31.7. The van der Waals surface area contributed by atoms with Gasteiger partial charge in [0.1, 0.15) is 23.4 Å². The number of hydrogen-bond donors (Lipinski definition) is 1. The van der Waals surface area contributed by atoms with E-state index >= 15 is 0 Å². The van der Waals surface area contributed by atoms with Crippen LogP contribution in [-0.2, 0) is 9.53 Å². The highest BCUT2D eigenvalue weighted by Gasteiger charge is 2.36. The second-order valence-corrected chi connectivity index (χ2v) is 9.75. The van der Waals surface area contributed by atoms with Gasteiger partial charge in [0.25, 0.3) is 0 Å². The summed E-state index contributed by atoms with van der Waals surface area (Å²) in [4.78, 5) is 15.5. The molecule has 8 heteroatoms. The van der Waals surface area contributed by atoms with Crippen molar-refractivity contribution in [2.45, 2.75) is 44.9 Å². The molecule has 0 radical (unpaired) electrons. The third-order valence-electron chi connectivity index (χ3n) is 7.19. The Morgan fingerprint density at radius 1 is 1.03 bits per heavy atom. The van der Waals surface area contributed by atoms with Gasteiger partial charge < -0.3 is 29.1 Å².